The van der Waals surface area contributed by atoms with Crippen molar-refractivity contribution in [2.45, 2.75) is 6.54 Å². The van der Waals surface area contributed by atoms with Crippen molar-refractivity contribution in [1.82, 2.24) is 10.3 Å². The van der Waals surface area contributed by atoms with Gasteiger partial charge in [0.05, 0.1) is 5.56 Å². The predicted octanol–water partition coefficient (Wildman–Crippen LogP) is 2.84. The van der Waals surface area contributed by atoms with E-state index in [0.29, 0.717) is 17.9 Å². The molecule has 4 nitrogen and oxygen atoms in total. The van der Waals surface area contributed by atoms with E-state index in [1.54, 1.807) is 18.3 Å². The van der Waals surface area contributed by atoms with Crippen LogP contribution in [0.3, 0.4) is 0 Å². The molecule has 1 N–H and O–H groups in total. The van der Waals surface area contributed by atoms with Crippen LogP contribution in [0.2, 0.25) is 0 Å². The zero-order valence-electron chi connectivity index (χ0n) is 11.4. The van der Waals surface area contributed by atoms with Gasteiger partial charge >= 0.3 is 0 Å². The topological polar surface area (TPSA) is 45.2 Å². The zero-order valence-corrected chi connectivity index (χ0v) is 13.0. The van der Waals surface area contributed by atoms with Crippen LogP contribution in [0.15, 0.2) is 47.1 Å². The van der Waals surface area contributed by atoms with Crippen molar-refractivity contribution < 1.29 is 4.79 Å². The molecule has 0 spiro atoms. The van der Waals surface area contributed by atoms with E-state index in [1.165, 1.54) is 0 Å². The first kappa shape index (κ1) is 14.5. The van der Waals surface area contributed by atoms with Gasteiger partial charge in [0.25, 0.3) is 5.91 Å². The van der Waals surface area contributed by atoms with E-state index in [9.17, 15) is 4.79 Å². The summed E-state index contributed by atoms with van der Waals surface area (Å²) < 4.78 is 1.000. The summed E-state index contributed by atoms with van der Waals surface area (Å²) in [4.78, 5) is 18.3. The predicted molar refractivity (Wildman–Crippen MR) is 83.9 cm³/mol. The number of nitrogens with zero attached hydrogens (tertiary/aromatic N) is 2. The Kier molecular flexibility index (Phi) is 4.74. The molecule has 2 aromatic rings. The minimum absolute atomic E-state index is 0.123. The second kappa shape index (κ2) is 6.52. The fraction of sp³-hybridized carbons (Fsp3) is 0.200. The van der Waals surface area contributed by atoms with Crippen molar-refractivity contribution in [3.63, 3.8) is 0 Å². The number of hydrogen-bond acceptors (Lipinski definition) is 3. The van der Waals surface area contributed by atoms with Crippen molar-refractivity contribution >= 4 is 27.7 Å². The van der Waals surface area contributed by atoms with Crippen LogP contribution in [0.4, 0.5) is 5.82 Å². The number of anilines is 1. The van der Waals surface area contributed by atoms with Gasteiger partial charge in [0.1, 0.15) is 5.82 Å². The van der Waals surface area contributed by atoms with Crippen LogP contribution in [0.1, 0.15) is 15.9 Å². The second-order valence-corrected chi connectivity index (χ2v) is 5.50. The molecule has 1 aromatic heterocycles. The number of amides is 1. The summed E-state index contributed by atoms with van der Waals surface area (Å²) in [6, 6.07) is 11.4. The van der Waals surface area contributed by atoms with Crippen LogP contribution in [0.5, 0.6) is 0 Å². The lowest BCUT2D eigenvalue weighted by Gasteiger charge is -2.15. The molecule has 0 aliphatic carbocycles. The molecule has 5 heteroatoms. The van der Waals surface area contributed by atoms with E-state index in [4.69, 9.17) is 0 Å². The number of hydrogen-bond donors (Lipinski definition) is 1. The molecule has 0 aliphatic rings. The molecule has 0 saturated heterocycles. The van der Waals surface area contributed by atoms with E-state index < -0.39 is 0 Å². The van der Waals surface area contributed by atoms with E-state index in [2.05, 4.69) is 26.2 Å². The molecule has 2 rings (SSSR count). The van der Waals surface area contributed by atoms with Crippen LogP contribution < -0.4 is 10.2 Å². The van der Waals surface area contributed by atoms with Gasteiger partial charge in [-0.05, 0) is 29.8 Å². The van der Waals surface area contributed by atoms with Crippen molar-refractivity contribution in [1.29, 1.82) is 0 Å². The quantitative estimate of drug-likeness (QED) is 0.935. The Morgan fingerprint density at radius 1 is 1.30 bits per heavy atom. The second-order valence-electron chi connectivity index (χ2n) is 4.58. The Bertz CT molecular complexity index is 614. The summed E-state index contributed by atoms with van der Waals surface area (Å²) in [5, 5.41) is 2.91. The smallest absolute Gasteiger partial charge is 0.255 e. The molecule has 0 saturated carbocycles. The average Bonchev–Trinajstić information content (AvgIpc) is 2.45. The number of benzene rings is 1. The van der Waals surface area contributed by atoms with E-state index in [1.807, 2.05) is 43.3 Å². The van der Waals surface area contributed by atoms with Crippen LogP contribution in [-0.2, 0) is 6.54 Å². The molecule has 1 amide bonds. The summed E-state index contributed by atoms with van der Waals surface area (Å²) in [6.45, 7) is 0.486. The Hall–Kier alpha value is -1.88. The van der Waals surface area contributed by atoms with E-state index in [-0.39, 0.29) is 5.91 Å². The van der Waals surface area contributed by atoms with Crippen LogP contribution in [-0.4, -0.2) is 25.0 Å². The first-order valence-electron chi connectivity index (χ1n) is 6.23. The molecule has 1 heterocycles. The van der Waals surface area contributed by atoms with Crippen molar-refractivity contribution in [3.8, 4) is 0 Å². The van der Waals surface area contributed by atoms with Gasteiger partial charge in [-0.1, -0.05) is 28.1 Å². The fourth-order valence-electron chi connectivity index (χ4n) is 1.86. The van der Waals surface area contributed by atoms with Gasteiger partial charge in [-0.25, -0.2) is 4.98 Å². The summed E-state index contributed by atoms with van der Waals surface area (Å²) in [5.41, 5.74) is 1.62. The standard InChI is InChI=1S/C15H16BrN3O/c1-19(2)14-13(7-4-8-17-14)15(20)18-10-11-5-3-6-12(16)9-11/h3-9H,10H2,1-2H3,(H,18,20). The summed E-state index contributed by atoms with van der Waals surface area (Å²) in [5.74, 6) is 0.543. The monoisotopic (exact) mass is 333 g/mol. The van der Waals surface area contributed by atoms with E-state index >= 15 is 0 Å². The van der Waals surface area contributed by atoms with Gasteiger partial charge in [-0.3, -0.25) is 4.79 Å². The molecule has 1 aromatic carbocycles. The van der Waals surface area contributed by atoms with Gasteiger partial charge in [0.2, 0.25) is 0 Å². The first-order chi connectivity index (χ1) is 9.58. The number of nitrogens with one attached hydrogen (secondary N) is 1. The number of halogens is 1. The largest absolute Gasteiger partial charge is 0.362 e. The third-order valence-corrected chi connectivity index (χ3v) is 3.29. The summed E-state index contributed by atoms with van der Waals surface area (Å²) in [6.07, 6.45) is 1.68. The maximum atomic E-state index is 12.2. The first-order valence-corrected chi connectivity index (χ1v) is 7.02. The molecule has 0 aliphatic heterocycles. The van der Waals surface area contributed by atoms with Crippen molar-refractivity contribution in [3.05, 3.63) is 58.2 Å². The third kappa shape index (κ3) is 3.57. The van der Waals surface area contributed by atoms with Crippen molar-refractivity contribution in [2.75, 3.05) is 19.0 Å². The highest BCUT2D eigenvalue weighted by atomic mass is 79.9. The number of carbonyl (C=O) groups excluding carboxylic acids is 1. The molecule has 20 heavy (non-hydrogen) atoms. The lowest BCUT2D eigenvalue weighted by Crippen LogP contribution is -2.25. The maximum absolute atomic E-state index is 12.2. The SMILES string of the molecule is CN(C)c1ncccc1C(=O)NCc1cccc(Br)c1. The Labute approximate surface area is 127 Å². The number of rotatable bonds is 4. The van der Waals surface area contributed by atoms with Crippen molar-refractivity contribution in [2.24, 2.45) is 0 Å². The van der Waals surface area contributed by atoms with Gasteiger partial charge in [0.15, 0.2) is 0 Å². The van der Waals surface area contributed by atoms with Gasteiger partial charge in [-0.15, -0.1) is 0 Å². The van der Waals surface area contributed by atoms with Crippen LogP contribution >= 0.6 is 15.9 Å². The lowest BCUT2D eigenvalue weighted by atomic mass is 10.2. The molecule has 104 valence electrons. The number of pyridine rings is 1. The molecule has 0 radical (unpaired) electrons. The van der Waals surface area contributed by atoms with Gasteiger partial charge in [0, 0.05) is 31.3 Å². The normalized spacial score (nSPS) is 10.2. The zero-order chi connectivity index (χ0) is 14.5. The molecule has 0 fully saturated rings. The summed E-state index contributed by atoms with van der Waals surface area (Å²) >= 11 is 3.42. The van der Waals surface area contributed by atoms with E-state index in [0.717, 1.165) is 10.0 Å². The van der Waals surface area contributed by atoms with Crippen LogP contribution in [0.25, 0.3) is 0 Å². The Morgan fingerprint density at radius 3 is 2.80 bits per heavy atom. The highest BCUT2D eigenvalue weighted by molar-refractivity contribution is 9.10. The number of aromatic nitrogens is 1. The molecular formula is C15H16BrN3O. The number of carbonyl (C=O) groups is 1. The highest BCUT2D eigenvalue weighted by Gasteiger charge is 2.13. The fourth-order valence-corrected chi connectivity index (χ4v) is 2.30. The molecule has 0 unspecified atom stereocenters. The average molecular weight is 334 g/mol. The summed E-state index contributed by atoms with van der Waals surface area (Å²) in [7, 11) is 3.74. The lowest BCUT2D eigenvalue weighted by molar-refractivity contribution is 0.0951. The maximum Gasteiger partial charge on any atom is 0.255 e. The van der Waals surface area contributed by atoms with Gasteiger partial charge in [-0.2, -0.15) is 0 Å². The molecule has 0 bridgehead atoms. The highest BCUT2D eigenvalue weighted by Crippen LogP contribution is 2.15. The van der Waals surface area contributed by atoms with Gasteiger partial charge < -0.3 is 10.2 Å². The minimum Gasteiger partial charge on any atom is -0.362 e. The Morgan fingerprint density at radius 2 is 2.10 bits per heavy atom. The van der Waals surface area contributed by atoms with Crippen LogP contribution in [0, 0.1) is 0 Å². The Balaban J connectivity index is 2.09. The minimum atomic E-state index is -0.123. The molecular weight excluding hydrogens is 318 g/mol. The third-order valence-electron chi connectivity index (χ3n) is 2.80. The molecule has 0 atom stereocenters.